The smallest absolute Gasteiger partial charge is 0.242 e. The van der Waals surface area contributed by atoms with Gasteiger partial charge in [0.25, 0.3) is 0 Å². The van der Waals surface area contributed by atoms with E-state index in [9.17, 15) is 9.59 Å². The van der Waals surface area contributed by atoms with Gasteiger partial charge < -0.3 is 15.0 Å². The molecular weight excluding hydrogens is 455 g/mol. The zero-order chi connectivity index (χ0) is 23.0. The summed E-state index contributed by atoms with van der Waals surface area (Å²) in [5.74, 6) is 1.13. The molecule has 0 aliphatic heterocycles. The molecule has 0 aliphatic rings. The van der Waals surface area contributed by atoms with Crippen LogP contribution in [0.1, 0.15) is 31.9 Å². The summed E-state index contributed by atoms with van der Waals surface area (Å²) in [6, 6.07) is 12.2. The van der Waals surface area contributed by atoms with E-state index in [1.54, 1.807) is 37.1 Å². The molecule has 2 rings (SSSR count). The van der Waals surface area contributed by atoms with Gasteiger partial charge >= 0.3 is 0 Å². The second-order valence-electron chi connectivity index (χ2n) is 7.40. The molecule has 0 saturated heterocycles. The van der Waals surface area contributed by atoms with E-state index in [1.165, 1.54) is 11.8 Å². The highest BCUT2D eigenvalue weighted by atomic mass is 35.5. The van der Waals surface area contributed by atoms with Crippen molar-refractivity contribution in [1.29, 1.82) is 0 Å². The molecule has 31 heavy (non-hydrogen) atoms. The van der Waals surface area contributed by atoms with Crippen LogP contribution in [0.25, 0.3) is 0 Å². The summed E-state index contributed by atoms with van der Waals surface area (Å²) in [6.07, 6.45) is 0. The maximum Gasteiger partial charge on any atom is 0.242 e. The number of nitrogens with one attached hydrogen (secondary N) is 1. The summed E-state index contributed by atoms with van der Waals surface area (Å²) in [5, 5.41) is 4.04. The number of ether oxygens (including phenoxy) is 1. The Morgan fingerprint density at radius 2 is 1.68 bits per heavy atom. The van der Waals surface area contributed by atoms with Crippen LogP contribution < -0.4 is 10.1 Å². The van der Waals surface area contributed by atoms with Gasteiger partial charge in [0.05, 0.1) is 12.9 Å². The van der Waals surface area contributed by atoms with Gasteiger partial charge in [0.15, 0.2) is 0 Å². The largest absolute Gasteiger partial charge is 0.497 e. The van der Waals surface area contributed by atoms with E-state index in [-0.39, 0.29) is 23.6 Å². The normalized spacial score (nSPS) is 11.8. The number of halogens is 2. The average Bonchev–Trinajstić information content (AvgIpc) is 2.73. The minimum atomic E-state index is -0.610. The van der Waals surface area contributed by atoms with Gasteiger partial charge in [0.2, 0.25) is 11.8 Å². The second kappa shape index (κ2) is 12.2. The summed E-state index contributed by atoms with van der Waals surface area (Å²) in [5.41, 5.74) is 1.72. The van der Waals surface area contributed by atoms with E-state index in [0.29, 0.717) is 22.3 Å². The number of hydrogen-bond donors (Lipinski definition) is 1. The number of methoxy groups -OCH3 is 1. The van der Waals surface area contributed by atoms with Crippen molar-refractivity contribution >= 4 is 46.8 Å². The lowest BCUT2D eigenvalue weighted by molar-refractivity contribution is -0.138. The molecule has 0 radical (unpaired) electrons. The number of thioether (sulfide) groups is 1. The Morgan fingerprint density at radius 3 is 2.23 bits per heavy atom. The van der Waals surface area contributed by atoms with Crippen LogP contribution in [0.2, 0.25) is 10.0 Å². The zero-order valence-electron chi connectivity index (χ0n) is 18.2. The van der Waals surface area contributed by atoms with E-state index in [2.05, 4.69) is 5.32 Å². The first-order chi connectivity index (χ1) is 14.7. The molecule has 0 heterocycles. The number of carbonyl (C=O) groups excluding carboxylic acids is 2. The van der Waals surface area contributed by atoms with Gasteiger partial charge in [-0.3, -0.25) is 9.59 Å². The minimum Gasteiger partial charge on any atom is -0.497 e. The number of amides is 2. The van der Waals surface area contributed by atoms with Gasteiger partial charge in [-0.2, -0.15) is 0 Å². The van der Waals surface area contributed by atoms with E-state index in [4.69, 9.17) is 27.9 Å². The number of hydrogen-bond acceptors (Lipinski definition) is 4. The highest BCUT2D eigenvalue weighted by Gasteiger charge is 2.26. The predicted molar refractivity (Wildman–Crippen MR) is 129 cm³/mol. The molecule has 0 aromatic heterocycles. The van der Waals surface area contributed by atoms with E-state index in [1.807, 2.05) is 38.1 Å². The quantitative estimate of drug-likeness (QED) is 0.506. The lowest BCUT2D eigenvalue weighted by Gasteiger charge is -2.29. The molecule has 168 valence electrons. The van der Waals surface area contributed by atoms with Crippen LogP contribution in [0, 0.1) is 0 Å². The molecular formula is C23H28Cl2N2O3S. The van der Waals surface area contributed by atoms with Crippen molar-refractivity contribution in [1.82, 2.24) is 10.2 Å². The number of nitrogens with zero attached hydrogens (tertiary/aromatic N) is 1. The first-order valence-electron chi connectivity index (χ1n) is 9.96. The van der Waals surface area contributed by atoms with Crippen molar-refractivity contribution in [3.8, 4) is 5.75 Å². The van der Waals surface area contributed by atoms with Crippen LogP contribution >= 0.6 is 35.0 Å². The Labute approximate surface area is 198 Å². The van der Waals surface area contributed by atoms with Crippen LogP contribution in [-0.4, -0.2) is 41.7 Å². The van der Waals surface area contributed by atoms with Crippen molar-refractivity contribution in [3.05, 3.63) is 63.6 Å². The molecule has 1 N–H and O–H groups in total. The number of carbonyl (C=O) groups is 2. The van der Waals surface area contributed by atoms with Crippen molar-refractivity contribution in [3.63, 3.8) is 0 Å². The van der Waals surface area contributed by atoms with E-state index >= 15 is 0 Å². The van der Waals surface area contributed by atoms with Crippen molar-refractivity contribution < 1.29 is 14.3 Å². The summed E-state index contributed by atoms with van der Waals surface area (Å²) < 4.78 is 5.20. The van der Waals surface area contributed by atoms with Crippen molar-refractivity contribution in [2.45, 2.75) is 45.2 Å². The molecule has 5 nitrogen and oxygen atoms in total. The van der Waals surface area contributed by atoms with Crippen LogP contribution in [0.15, 0.2) is 42.5 Å². The highest BCUT2D eigenvalue weighted by molar-refractivity contribution is 7.99. The standard InChI is InChI=1S/C23H28Cl2N2O3S/c1-15(2)26-23(29)16(3)27(12-17-8-10-18(30-4)11-9-17)22(28)14-31-13-19-20(24)6-5-7-21(19)25/h5-11,15-16H,12-14H2,1-4H3,(H,26,29). The van der Waals surface area contributed by atoms with Gasteiger partial charge in [-0.05, 0) is 56.2 Å². The third kappa shape index (κ3) is 7.63. The van der Waals surface area contributed by atoms with Crippen LogP contribution in [-0.2, 0) is 21.9 Å². The molecule has 0 bridgehead atoms. The van der Waals surface area contributed by atoms with Gasteiger partial charge in [0, 0.05) is 28.4 Å². The third-order valence-corrected chi connectivity index (χ3v) is 6.30. The molecule has 8 heteroatoms. The monoisotopic (exact) mass is 482 g/mol. The van der Waals surface area contributed by atoms with E-state index in [0.717, 1.165) is 16.9 Å². The highest BCUT2D eigenvalue weighted by Crippen LogP contribution is 2.28. The number of rotatable bonds is 10. The molecule has 2 aromatic carbocycles. The Morgan fingerprint density at radius 1 is 1.06 bits per heavy atom. The molecule has 1 unspecified atom stereocenters. The third-order valence-electron chi connectivity index (χ3n) is 4.64. The van der Waals surface area contributed by atoms with Crippen molar-refractivity contribution in [2.24, 2.45) is 0 Å². The summed E-state index contributed by atoms with van der Waals surface area (Å²) in [6.45, 7) is 5.85. The Kier molecular flexibility index (Phi) is 10.0. The fourth-order valence-corrected chi connectivity index (χ4v) is 4.56. The molecule has 0 spiro atoms. The Balaban J connectivity index is 2.11. The SMILES string of the molecule is COc1ccc(CN(C(=O)CSCc2c(Cl)cccc2Cl)C(C)C(=O)NC(C)C)cc1. The fraction of sp³-hybridized carbons (Fsp3) is 0.391. The predicted octanol–water partition coefficient (Wildman–Crippen LogP) is 5.18. The summed E-state index contributed by atoms with van der Waals surface area (Å²) in [4.78, 5) is 27.3. The van der Waals surface area contributed by atoms with Gasteiger partial charge in [0.1, 0.15) is 11.8 Å². The molecule has 0 saturated carbocycles. The lowest BCUT2D eigenvalue weighted by atomic mass is 10.1. The van der Waals surface area contributed by atoms with Gasteiger partial charge in [-0.25, -0.2) is 0 Å². The van der Waals surface area contributed by atoms with Crippen molar-refractivity contribution in [2.75, 3.05) is 12.9 Å². The maximum absolute atomic E-state index is 13.1. The first-order valence-corrected chi connectivity index (χ1v) is 11.9. The molecule has 1 atom stereocenters. The van der Waals surface area contributed by atoms with Gasteiger partial charge in [-0.1, -0.05) is 41.4 Å². The Hall–Kier alpha value is -1.89. The summed E-state index contributed by atoms with van der Waals surface area (Å²) in [7, 11) is 1.60. The number of benzene rings is 2. The fourth-order valence-electron chi connectivity index (χ4n) is 2.91. The minimum absolute atomic E-state index is 0.00960. The molecule has 2 amide bonds. The maximum atomic E-state index is 13.1. The zero-order valence-corrected chi connectivity index (χ0v) is 20.5. The average molecular weight is 483 g/mol. The van der Waals surface area contributed by atoms with E-state index < -0.39 is 6.04 Å². The molecule has 0 fully saturated rings. The molecule has 2 aromatic rings. The van der Waals surface area contributed by atoms with Crippen LogP contribution in [0.3, 0.4) is 0 Å². The summed E-state index contributed by atoms with van der Waals surface area (Å²) >= 11 is 13.9. The van der Waals surface area contributed by atoms with Gasteiger partial charge in [-0.15, -0.1) is 11.8 Å². The first kappa shape index (κ1) is 25.4. The van der Waals surface area contributed by atoms with Crippen LogP contribution in [0.5, 0.6) is 5.75 Å². The van der Waals surface area contributed by atoms with Crippen LogP contribution in [0.4, 0.5) is 0 Å². The second-order valence-corrected chi connectivity index (χ2v) is 9.20. The Bertz CT molecular complexity index is 871. The molecule has 0 aliphatic carbocycles. The topological polar surface area (TPSA) is 58.6 Å². The lowest BCUT2D eigenvalue weighted by Crippen LogP contribution is -2.49.